The van der Waals surface area contributed by atoms with Crippen molar-refractivity contribution in [2.45, 2.75) is 46.6 Å². The molecule has 0 fully saturated rings. The van der Waals surface area contributed by atoms with Gasteiger partial charge in [-0.2, -0.15) is 5.10 Å². The van der Waals surface area contributed by atoms with Crippen LogP contribution in [-0.4, -0.2) is 25.7 Å². The molecule has 2 aromatic heterocycles. The molecule has 0 saturated heterocycles. The smallest absolute Gasteiger partial charge is 0.220 e. The van der Waals surface area contributed by atoms with Crippen LogP contribution >= 0.6 is 0 Å². The highest BCUT2D eigenvalue weighted by molar-refractivity contribution is 5.78. The summed E-state index contributed by atoms with van der Waals surface area (Å²) in [6.07, 6.45) is 1.06. The Morgan fingerprint density at radius 3 is 2.48 bits per heavy atom. The molecule has 0 aliphatic carbocycles. The van der Waals surface area contributed by atoms with E-state index in [0.29, 0.717) is 12.8 Å². The van der Waals surface area contributed by atoms with Crippen molar-refractivity contribution in [3.8, 4) is 5.69 Å². The number of amides is 1. The second-order valence-corrected chi connectivity index (χ2v) is 8.33. The third kappa shape index (κ3) is 4.38. The number of para-hydroxylation sites is 3. The quantitative estimate of drug-likeness (QED) is 0.455. The van der Waals surface area contributed by atoms with E-state index in [-0.39, 0.29) is 17.9 Å². The normalized spacial score (nSPS) is 12.4. The first-order chi connectivity index (χ1) is 14.9. The average molecular weight is 416 g/mol. The summed E-state index contributed by atoms with van der Waals surface area (Å²) in [7, 11) is 0. The number of benzene rings is 2. The molecule has 160 valence electrons. The van der Waals surface area contributed by atoms with Crippen LogP contribution in [0.1, 0.15) is 49.1 Å². The zero-order chi connectivity index (χ0) is 22.0. The highest BCUT2D eigenvalue weighted by Gasteiger charge is 2.22. The van der Waals surface area contributed by atoms with Gasteiger partial charge in [0.15, 0.2) is 0 Å². The van der Waals surface area contributed by atoms with E-state index in [1.54, 1.807) is 0 Å². The molecule has 0 spiro atoms. The van der Waals surface area contributed by atoms with Gasteiger partial charge >= 0.3 is 0 Å². The highest BCUT2D eigenvalue weighted by atomic mass is 16.1. The van der Waals surface area contributed by atoms with Crippen molar-refractivity contribution in [1.82, 2.24) is 25.1 Å². The van der Waals surface area contributed by atoms with Crippen molar-refractivity contribution < 1.29 is 4.79 Å². The third-order valence-electron chi connectivity index (χ3n) is 5.73. The maximum absolute atomic E-state index is 12.8. The van der Waals surface area contributed by atoms with E-state index in [2.05, 4.69) is 41.2 Å². The van der Waals surface area contributed by atoms with Gasteiger partial charge in [0.2, 0.25) is 5.91 Å². The fourth-order valence-electron chi connectivity index (χ4n) is 4.01. The Morgan fingerprint density at radius 1 is 1.06 bits per heavy atom. The topological polar surface area (TPSA) is 75.6 Å². The Morgan fingerprint density at radius 2 is 1.77 bits per heavy atom. The van der Waals surface area contributed by atoms with Gasteiger partial charge < -0.3 is 10.3 Å². The lowest BCUT2D eigenvalue weighted by molar-refractivity contribution is -0.122. The van der Waals surface area contributed by atoms with Gasteiger partial charge in [0, 0.05) is 12.1 Å². The number of aromatic nitrogens is 4. The number of rotatable bonds is 7. The van der Waals surface area contributed by atoms with E-state index in [1.807, 2.05) is 66.2 Å². The number of nitrogens with one attached hydrogen (secondary N) is 2. The average Bonchev–Trinajstić information content (AvgIpc) is 3.31. The fraction of sp³-hybridized carbons (Fsp3) is 0.320. The highest BCUT2D eigenvalue weighted by Crippen LogP contribution is 2.23. The maximum atomic E-state index is 12.8. The molecule has 1 amide bonds. The van der Waals surface area contributed by atoms with Gasteiger partial charge in [-0.15, -0.1) is 0 Å². The molecule has 2 heterocycles. The second kappa shape index (κ2) is 8.76. The molecule has 4 aromatic rings. The first-order valence-electron chi connectivity index (χ1n) is 10.8. The summed E-state index contributed by atoms with van der Waals surface area (Å²) >= 11 is 0. The lowest BCUT2D eigenvalue weighted by Crippen LogP contribution is -2.32. The minimum Gasteiger partial charge on any atom is -0.346 e. The van der Waals surface area contributed by atoms with Crippen LogP contribution in [0.15, 0.2) is 54.6 Å². The van der Waals surface area contributed by atoms with Crippen LogP contribution in [0.4, 0.5) is 0 Å². The summed E-state index contributed by atoms with van der Waals surface area (Å²) in [4.78, 5) is 20.9. The minimum absolute atomic E-state index is 0.0189. The molecule has 0 saturated carbocycles. The number of hydrogen-bond acceptors (Lipinski definition) is 3. The number of imidazole rings is 1. The Balaban J connectivity index is 1.46. The van der Waals surface area contributed by atoms with Crippen molar-refractivity contribution in [1.29, 1.82) is 0 Å². The van der Waals surface area contributed by atoms with E-state index in [4.69, 9.17) is 0 Å². The molecule has 4 rings (SSSR count). The van der Waals surface area contributed by atoms with Crippen LogP contribution in [0, 0.1) is 19.8 Å². The molecule has 1 atom stereocenters. The maximum Gasteiger partial charge on any atom is 0.220 e. The molecule has 6 heteroatoms. The number of nitrogens with zero attached hydrogens (tertiary/aromatic N) is 3. The first-order valence-corrected chi connectivity index (χ1v) is 10.8. The number of hydrogen-bond donors (Lipinski definition) is 2. The van der Waals surface area contributed by atoms with Crippen LogP contribution in [0.25, 0.3) is 16.7 Å². The predicted molar refractivity (Wildman–Crippen MR) is 123 cm³/mol. The molecule has 0 radical (unpaired) electrons. The third-order valence-corrected chi connectivity index (χ3v) is 5.73. The lowest BCUT2D eigenvalue weighted by atomic mass is 10.0. The Hall–Kier alpha value is -3.41. The van der Waals surface area contributed by atoms with E-state index >= 15 is 0 Å². The molecular weight excluding hydrogens is 386 g/mol. The molecule has 0 unspecified atom stereocenters. The summed E-state index contributed by atoms with van der Waals surface area (Å²) in [6.45, 7) is 8.25. The summed E-state index contributed by atoms with van der Waals surface area (Å²) in [5, 5.41) is 7.87. The SMILES string of the molecule is Cc1nn(-c2ccccc2)c(C)c1CCC(=O)N[C@H](c1nc2ccccc2[nH]1)C(C)C. The number of aryl methyl sites for hydroxylation is 1. The van der Waals surface area contributed by atoms with Gasteiger partial charge in [0.05, 0.1) is 28.5 Å². The standard InChI is InChI=1S/C25H29N5O/c1-16(2)24(25-26-21-12-8-9-13-22(21)27-25)28-23(31)15-14-20-17(3)29-30(18(20)4)19-10-6-5-7-11-19/h5-13,16,24H,14-15H2,1-4H3,(H,26,27)(H,28,31)/t24-/m0/s1. The Labute approximate surface area is 182 Å². The van der Waals surface area contributed by atoms with Crippen LogP contribution in [0.3, 0.4) is 0 Å². The molecule has 6 nitrogen and oxygen atoms in total. The van der Waals surface area contributed by atoms with Gasteiger partial charge in [-0.25, -0.2) is 9.67 Å². The number of carbonyl (C=O) groups is 1. The Kier molecular flexibility index (Phi) is 5.89. The fourth-order valence-corrected chi connectivity index (χ4v) is 4.01. The molecule has 2 N–H and O–H groups in total. The minimum atomic E-state index is -0.158. The summed E-state index contributed by atoms with van der Waals surface area (Å²) in [5.74, 6) is 1.04. The van der Waals surface area contributed by atoms with E-state index in [0.717, 1.165) is 39.5 Å². The molecule has 0 aliphatic heterocycles. The van der Waals surface area contributed by atoms with Gasteiger partial charge in [-0.3, -0.25) is 4.79 Å². The van der Waals surface area contributed by atoms with Gasteiger partial charge in [-0.1, -0.05) is 44.2 Å². The summed E-state index contributed by atoms with van der Waals surface area (Å²) in [6, 6.07) is 17.8. The van der Waals surface area contributed by atoms with Crippen molar-refractivity contribution >= 4 is 16.9 Å². The van der Waals surface area contributed by atoms with Crippen LogP contribution in [0.2, 0.25) is 0 Å². The van der Waals surface area contributed by atoms with Gasteiger partial charge in [0.25, 0.3) is 0 Å². The van der Waals surface area contributed by atoms with Crippen molar-refractivity contribution in [3.05, 3.63) is 77.4 Å². The van der Waals surface area contributed by atoms with E-state index in [1.165, 1.54) is 0 Å². The summed E-state index contributed by atoms with van der Waals surface area (Å²) < 4.78 is 1.95. The zero-order valence-electron chi connectivity index (χ0n) is 18.5. The van der Waals surface area contributed by atoms with E-state index < -0.39 is 0 Å². The van der Waals surface area contributed by atoms with Crippen molar-refractivity contribution in [2.75, 3.05) is 0 Å². The largest absolute Gasteiger partial charge is 0.346 e. The monoisotopic (exact) mass is 415 g/mol. The molecule has 31 heavy (non-hydrogen) atoms. The van der Waals surface area contributed by atoms with E-state index in [9.17, 15) is 4.79 Å². The number of aromatic amines is 1. The molecule has 2 aromatic carbocycles. The second-order valence-electron chi connectivity index (χ2n) is 8.33. The Bertz CT molecular complexity index is 1160. The van der Waals surface area contributed by atoms with Gasteiger partial charge in [-0.05, 0) is 56.0 Å². The molecule has 0 aliphatic rings. The number of H-pyrrole nitrogens is 1. The van der Waals surface area contributed by atoms with Crippen LogP contribution < -0.4 is 5.32 Å². The van der Waals surface area contributed by atoms with Crippen LogP contribution in [0.5, 0.6) is 0 Å². The molecule has 0 bridgehead atoms. The van der Waals surface area contributed by atoms with Gasteiger partial charge in [0.1, 0.15) is 5.82 Å². The molecular formula is C25H29N5O. The first kappa shape index (κ1) is 20.8. The number of carbonyl (C=O) groups excluding carboxylic acids is 1. The predicted octanol–water partition coefficient (Wildman–Crippen LogP) is 4.81. The van der Waals surface area contributed by atoms with Crippen molar-refractivity contribution in [2.24, 2.45) is 5.92 Å². The number of fused-ring (bicyclic) bond motifs is 1. The van der Waals surface area contributed by atoms with Crippen molar-refractivity contribution in [3.63, 3.8) is 0 Å². The lowest BCUT2D eigenvalue weighted by Gasteiger charge is -2.20. The summed E-state index contributed by atoms with van der Waals surface area (Å²) in [5.41, 5.74) is 6.10. The van der Waals surface area contributed by atoms with Crippen LogP contribution in [-0.2, 0) is 11.2 Å². The zero-order valence-corrected chi connectivity index (χ0v) is 18.5.